The number of amides is 1. The first kappa shape index (κ1) is 21.2. The number of hydrogen-bond donors (Lipinski definition) is 1. The maximum atomic E-state index is 13.2. The second-order valence-corrected chi connectivity index (χ2v) is 7.23. The molecule has 0 fully saturated rings. The van der Waals surface area contributed by atoms with Crippen LogP contribution in [0, 0.1) is 0 Å². The number of ether oxygens (including phenoxy) is 2. The molecule has 0 unspecified atom stereocenters. The number of aryl methyl sites for hydroxylation is 1. The van der Waals surface area contributed by atoms with Gasteiger partial charge in [-0.2, -0.15) is 0 Å². The van der Waals surface area contributed by atoms with Gasteiger partial charge in [-0.05, 0) is 36.8 Å². The lowest BCUT2D eigenvalue weighted by molar-refractivity contribution is -0.129. The molecular formula is C23H23N3O6. The fraction of sp³-hybridized carbons (Fsp3) is 0.261. The topological polar surface area (TPSA) is 107 Å². The van der Waals surface area contributed by atoms with E-state index in [-0.39, 0.29) is 11.3 Å². The van der Waals surface area contributed by atoms with E-state index in [0.717, 1.165) is 0 Å². The summed E-state index contributed by atoms with van der Waals surface area (Å²) in [5.41, 5.74) is 0.473. The Balaban J connectivity index is 1.74. The standard InChI is InChI=1S/C23H23N3O6/c1-30-15-6-7-17(31-2)16(13-15)20-19(21(27)18-5-3-12-32-18)22(28)23(29)26(20)10-4-9-25-11-8-24-14-25/h3,5-8,11-14,20,28H,4,9-10H2,1-2H3/t20-/m1/s1. The molecule has 3 heterocycles. The van der Waals surface area contributed by atoms with Crippen molar-refractivity contribution >= 4 is 11.7 Å². The molecule has 1 aromatic carbocycles. The molecule has 9 heteroatoms. The fourth-order valence-electron chi connectivity index (χ4n) is 3.88. The molecule has 0 saturated carbocycles. The highest BCUT2D eigenvalue weighted by Gasteiger charge is 2.45. The molecule has 2 aromatic heterocycles. The van der Waals surface area contributed by atoms with Crippen molar-refractivity contribution < 1.29 is 28.6 Å². The Morgan fingerprint density at radius 2 is 2.06 bits per heavy atom. The van der Waals surface area contributed by atoms with Gasteiger partial charge in [0.1, 0.15) is 11.5 Å². The molecule has 0 saturated heterocycles. The third kappa shape index (κ3) is 3.84. The second-order valence-electron chi connectivity index (χ2n) is 7.23. The van der Waals surface area contributed by atoms with Gasteiger partial charge in [0, 0.05) is 31.0 Å². The summed E-state index contributed by atoms with van der Waals surface area (Å²) >= 11 is 0. The van der Waals surface area contributed by atoms with Gasteiger partial charge in [-0.3, -0.25) is 9.59 Å². The minimum absolute atomic E-state index is 0.0338. The van der Waals surface area contributed by atoms with Crippen LogP contribution in [0.4, 0.5) is 0 Å². The quantitative estimate of drug-likeness (QED) is 0.513. The van der Waals surface area contributed by atoms with Crippen molar-refractivity contribution in [1.82, 2.24) is 14.5 Å². The van der Waals surface area contributed by atoms with E-state index >= 15 is 0 Å². The molecule has 1 amide bonds. The summed E-state index contributed by atoms with van der Waals surface area (Å²) in [6.07, 6.45) is 7.15. The molecule has 9 nitrogen and oxygen atoms in total. The molecule has 166 valence electrons. The van der Waals surface area contributed by atoms with Crippen LogP contribution in [0.5, 0.6) is 11.5 Å². The normalized spacial score (nSPS) is 16.0. The van der Waals surface area contributed by atoms with E-state index in [0.29, 0.717) is 36.6 Å². The van der Waals surface area contributed by atoms with Crippen LogP contribution in [-0.2, 0) is 11.3 Å². The Labute approximate surface area is 184 Å². The van der Waals surface area contributed by atoms with Gasteiger partial charge in [-0.25, -0.2) is 4.98 Å². The Kier molecular flexibility index (Phi) is 5.98. The maximum absolute atomic E-state index is 13.2. The summed E-state index contributed by atoms with van der Waals surface area (Å²) in [5, 5.41) is 10.7. The number of furan rings is 1. The monoisotopic (exact) mass is 437 g/mol. The zero-order valence-electron chi connectivity index (χ0n) is 17.7. The molecule has 1 aliphatic rings. The van der Waals surface area contributed by atoms with Crippen molar-refractivity contribution in [2.45, 2.75) is 19.0 Å². The molecule has 1 aliphatic heterocycles. The number of ketones is 1. The van der Waals surface area contributed by atoms with E-state index in [1.54, 1.807) is 36.8 Å². The molecule has 32 heavy (non-hydrogen) atoms. The van der Waals surface area contributed by atoms with Crippen LogP contribution in [0.25, 0.3) is 0 Å². The summed E-state index contributed by atoms with van der Waals surface area (Å²) in [4.78, 5) is 31.8. The largest absolute Gasteiger partial charge is 0.503 e. The molecule has 0 bridgehead atoms. The average Bonchev–Trinajstić information content (AvgIpc) is 3.57. The number of nitrogens with zero attached hydrogens (tertiary/aromatic N) is 3. The number of aliphatic hydroxyl groups is 1. The van der Waals surface area contributed by atoms with Crippen LogP contribution in [0.3, 0.4) is 0 Å². The number of carbonyl (C=O) groups excluding carboxylic acids is 2. The molecular weight excluding hydrogens is 414 g/mol. The Morgan fingerprint density at radius 3 is 2.72 bits per heavy atom. The number of benzene rings is 1. The van der Waals surface area contributed by atoms with Gasteiger partial charge in [0.15, 0.2) is 11.5 Å². The molecule has 4 rings (SSSR count). The number of carbonyl (C=O) groups is 2. The van der Waals surface area contributed by atoms with Crippen molar-refractivity contribution in [2.75, 3.05) is 20.8 Å². The van der Waals surface area contributed by atoms with Crippen molar-refractivity contribution in [3.05, 3.63) is 78.0 Å². The minimum atomic E-state index is -0.868. The van der Waals surface area contributed by atoms with E-state index in [9.17, 15) is 14.7 Å². The van der Waals surface area contributed by atoms with E-state index in [2.05, 4.69) is 4.98 Å². The van der Waals surface area contributed by atoms with Crippen LogP contribution >= 0.6 is 0 Å². The number of hydrogen-bond acceptors (Lipinski definition) is 7. The Hall–Kier alpha value is -4.01. The molecule has 1 atom stereocenters. The summed E-state index contributed by atoms with van der Waals surface area (Å²) < 4.78 is 18.0. The molecule has 0 spiro atoms. The molecule has 0 radical (unpaired) electrons. The third-order valence-electron chi connectivity index (χ3n) is 5.40. The van der Waals surface area contributed by atoms with E-state index in [4.69, 9.17) is 13.9 Å². The first-order chi connectivity index (χ1) is 15.5. The highest BCUT2D eigenvalue weighted by atomic mass is 16.5. The minimum Gasteiger partial charge on any atom is -0.503 e. The number of aromatic nitrogens is 2. The van der Waals surface area contributed by atoms with Crippen molar-refractivity contribution in [3.8, 4) is 11.5 Å². The summed E-state index contributed by atoms with van der Waals surface area (Å²) in [6.45, 7) is 0.912. The van der Waals surface area contributed by atoms with Crippen LogP contribution in [-0.4, -0.2) is 52.0 Å². The molecule has 1 N–H and O–H groups in total. The maximum Gasteiger partial charge on any atom is 0.290 e. The van der Waals surface area contributed by atoms with Crippen LogP contribution in [0.1, 0.15) is 28.6 Å². The average molecular weight is 437 g/mol. The van der Waals surface area contributed by atoms with Crippen LogP contribution < -0.4 is 9.47 Å². The van der Waals surface area contributed by atoms with Crippen LogP contribution in [0.2, 0.25) is 0 Å². The van der Waals surface area contributed by atoms with Gasteiger partial charge in [-0.15, -0.1) is 0 Å². The lowest BCUT2D eigenvalue weighted by Gasteiger charge is -2.28. The van der Waals surface area contributed by atoms with E-state index < -0.39 is 23.5 Å². The van der Waals surface area contributed by atoms with Gasteiger partial charge >= 0.3 is 0 Å². The number of imidazole rings is 1. The third-order valence-corrected chi connectivity index (χ3v) is 5.40. The summed E-state index contributed by atoms with van der Waals surface area (Å²) in [5.74, 6) is -0.755. The Bertz CT molecular complexity index is 1130. The highest BCUT2D eigenvalue weighted by molar-refractivity contribution is 6.15. The zero-order valence-corrected chi connectivity index (χ0v) is 17.7. The summed E-state index contributed by atoms with van der Waals surface area (Å²) in [7, 11) is 3.03. The van der Waals surface area contributed by atoms with Gasteiger partial charge < -0.3 is 28.5 Å². The second kappa shape index (κ2) is 9.01. The van der Waals surface area contributed by atoms with Crippen molar-refractivity contribution in [3.63, 3.8) is 0 Å². The number of aliphatic hydroxyl groups excluding tert-OH is 1. The number of Topliss-reactive ketones (excluding diaryl/α,β-unsaturated/α-hetero) is 1. The molecule has 0 aliphatic carbocycles. The summed E-state index contributed by atoms with van der Waals surface area (Å²) in [6, 6.07) is 7.33. The van der Waals surface area contributed by atoms with Crippen LogP contribution in [0.15, 0.2) is 71.1 Å². The lowest BCUT2D eigenvalue weighted by Crippen LogP contribution is -2.32. The van der Waals surface area contributed by atoms with Gasteiger partial charge in [0.2, 0.25) is 5.78 Å². The smallest absolute Gasteiger partial charge is 0.290 e. The lowest BCUT2D eigenvalue weighted by atomic mass is 9.94. The van der Waals surface area contributed by atoms with E-state index in [1.807, 2.05) is 10.8 Å². The predicted molar refractivity (Wildman–Crippen MR) is 114 cm³/mol. The highest BCUT2D eigenvalue weighted by Crippen LogP contribution is 2.43. The first-order valence-corrected chi connectivity index (χ1v) is 10.0. The van der Waals surface area contributed by atoms with Crippen molar-refractivity contribution in [1.29, 1.82) is 0 Å². The number of rotatable bonds is 9. The van der Waals surface area contributed by atoms with Gasteiger partial charge in [-0.1, -0.05) is 0 Å². The van der Waals surface area contributed by atoms with E-state index in [1.165, 1.54) is 31.4 Å². The van der Waals surface area contributed by atoms with Gasteiger partial charge in [0.25, 0.3) is 5.91 Å². The zero-order chi connectivity index (χ0) is 22.7. The SMILES string of the molecule is COc1ccc(OC)c([C@@H]2C(C(=O)c3ccco3)=C(O)C(=O)N2CCCn2ccnc2)c1. The Morgan fingerprint density at radius 1 is 1.22 bits per heavy atom. The van der Waals surface area contributed by atoms with Crippen molar-refractivity contribution in [2.24, 2.45) is 0 Å². The molecule has 3 aromatic rings. The number of methoxy groups -OCH3 is 2. The fourth-order valence-corrected chi connectivity index (χ4v) is 3.88. The van der Waals surface area contributed by atoms with Gasteiger partial charge in [0.05, 0.1) is 38.4 Å². The first-order valence-electron chi connectivity index (χ1n) is 10.0. The predicted octanol–water partition coefficient (Wildman–Crippen LogP) is 3.16.